The molecule has 0 aliphatic carbocycles. The number of nitrogens with two attached hydrogens (primary N) is 1. The summed E-state index contributed by atoms with van der Waals surface area (Å²) in [5, 5.41) is 11.4. The number of hydrogen-bond acceptors (Lipinski definition) is 6. The van der Waals surface area contributed by atoms with Crippen molar-refractivity contribution in [3.63, 3.8) is 0 Å². The maximum atomic E-state index is 13.5. The van der Waals surface area contributed by atoms with Crippen molar-refractivity contribution in [1.82, 2.24) is 9.55 Å². The van der Waals surface area contributed by atoms with Crippen molar-refractivity contribution < 1.29 is 14.6 Å². The fourth-order valence-electron chi connectivity index (χ4n) is 4.99. The van der Waals surface area contributed by atoms with Gasteiger partial charge >= 0.3 is 5.97 Å². The Kier molecular flexibility index (Phi) is 4.74. The Morgan fingerprint density at radius 1 is 1.14 bits per heavy atom. The average Bonchev–Trinajstić information content (AvgIpc) is 3.27. The number of pyridine rings is 2. The average molecular weight is 482 g/mol. The number of aliphatic imine (C=N–C) groups is 1. The topological polar surface area (TPSA) is 140 Å². The first kappa shape index (κ1) is 22.0. The SMILES string of the molecule is CC[C@@]1(O)C(=O)OCc2c1cc1n(c2=O)Cc2c-1[nH]c1ccc(N=C(N)c3ccccc3)cc1c2=O. The van der Waals surface area contributed by atoms with E-state index in [1.807, 2.05) is 30.3 Å². The standard InChI is InChI=1S/C27H22N4O5/c1-2-27(35)19-11-21-22-17(12-31(21)25(33)18(19)13-36-26(27)34)23(32)16-10-15(8-9-20(16)30-22)29-24(28)14-6-4-3-5-7-14/h3-11,35H,2,12-13H2,1H3,(H2,28,29)(H,30,32)/t27-/m0/s1. The van der Waals surface area contributed by atoms with E-state index in [0.29, 0.717) is 39.4 Å². The smallest absolute Gasteiger partial charge is 0.343 e. The lowest BCUT2D eigenvalue weighted by Gasteiger charge is -2.31. The molecule has 2 aromatic carbocycles. The molecule has 0 spiro atoms. The van der Waals surface area contributed by atoms with Gasteiger partial charge in [-0.3, -0.25) is 9.59 Å². The van der Waals surface area contributed by atoms with Gasteiger partial charge in [-0.05, 0) is 30.7 Å². The number of rotatable bonds is 3. The third kappa shape index (κ3) is 3.06. The first-order valence-corrected chi connectivity index (χ1v) is 11.6. The Morgan fingerprint density at radius 3 is 2.67 bits per heavy atom. The van der Waals surface area contributed by atoms with Crippen molar-refractivity contribution in [1.29, 1.82) is 0 Å². The van der Waals surface area contributed by atoms with Gasteiger partial charge in [-0.1, -0.05) is 37.3 Å². The van der Waals surface area contributed by atoms with Gasteiger partial charge < -0.3 is 25.1 Å². The number of aliphatic hydroxyl groups is 1. The van der Waals surface area contributed by atoms with Gasteiger partial charge in [0.2, 0.25) is 0 Å². The fourth-order valence-corrected chi connectivity index (χ4v) is 4.99. The van der Waals surface area contributed by atoms with E-state index in [9.17, 15) is 19.5 Å². The van der Waals surface area contributed by atoms with E-state index in [0.717, 1.165) is 5.56 Å². The summed E-state index contributed by atoms with van der Waals surface area (Å²) in [6, 6.07) is 16.1. The summed E-state index contributed by atoms with van der Waals surface area (Å²) in [6.07, 6.45) is 0.0538. The third-order valence-corrected chi connectivity index (χ3v) is 7.02. The van der Waals surface area contributed by atoms with Crippen LogP contribution in [0, 0.1) is 0 Å². The predicted molar refractivity (Wildman–Crippen MR) is 134 cm³/mol. The summed E-state index contributed by atoms with van der Waals surface area (Å²) in [7, 11) is 0. The van der Waals surface area contributed by atoms with Crippen LogP contribution < -0.4 is 16.7 Å². The summed E-state index contributed by atoms with van der Waals surface area (Å²) in [4.78, 5) is 46.9. The van der Waals surface area contributed by atoms with E-state index in [-0.39, 0.29) is 36.1 Å². The van der Waals surface area contributed by atoms with Crippen molar-refractivity contribution in [2.45, 2.75) is 32.1 Å². The van der Waals surface area contributed by atoms with Gasteiger partial charge in [0.1, 0.15) is 12.4 Å². The molecular formula is C27H22N4O5. The summed E-state index contributed by atoms with van der Waals surface area (Å²) < 4.78 is 6.57. The number of benzene rings is 2. The van der Waals surface area contributed by atoms with Crippen LogP contribution in [-0.2, 0) is 28.3 Å². The number of fused-ring (bicyclic) bond motifs is 5. The minimum Gasteiger partial charge on any atom is -0.458 e. The lowest BCUT2D eigenvalue weighted by molar-refractivity contribution is -0.172. The molecule has 0 bridgehead atoms. The van der Waals surface area contributed by atoms with Gasteiger partial charge in [-0.15, -0.1) is 0 Å². The van der Waals surface area contributed by atoms with E-state index in [1.54, 1.807) is 31.2 Å². The number of nitrogens with one attached hydrogen (secondary N) is 1. The molecule has 0 saturated carbocycles. The summed E-state index contributed by atoms with van der Waals surface area (Å²) >= 11 is 0. The van der Waals surface area contributed by atoms with Crippen LogP contribution in [-0.4, -0.2) is 26.5 Å². The van der Waals surface area contributed by atoms with Gasteiger partial charge in [0.15, 0.2) is 11.0 Å². The van der Waals surface area contributed by atoms with E-state index >= 15 is 0 Å². The molecule has 4 heterocycles. The van der Waals surface area contributed by atoms with Crippen LogP contribution in [0.15, 0.2) is 69.2 Å². The number of carbonyl (C=O) groups is 1. The zero-order valence-electron chi connectivity index (χ0n) is 19.4. The van der Waals surface area contributed by atoms with Crippen LogP contribution >= 0.6 is 0 Å². The van der Waals surface area contributed by atoms with Crippen LogP contribution in [0.1, 0.15) is 35.6 Å². The summed E-state index contributed by atoms with van der Waals surface area (Å²) in [5.74, 6) is -0.452. The predicted octanol–water partition coefficient (Wildman–Crippen LogP) is 2.41. The molecule has 9 heteroatoms. The monoisotopic (exact) mass is 482 g/mol. The fraction of sp³-hybridized carbons (Fsp3) is 0.185. The molecule has 6 rings (SSSR count). The minimum absolute atomic E-state index is 0.0538. The second-order valence-corrected chi connectivity index (χ2v) is 9.00. The van der Waals surface area contributed by atoms with Crippen molar-refractivity contribution in [2.24, 2.45) is 10.7 Å². The van der Waals surface area contributed by atoms with Gasteiger partial charge in [0, 0.05) is 27.6 Å². The van der Waals surface area contributed by atoms with Crippen molar-refractivity contribution in [3.8, 4) is 11.4 Å². The highest BCUT2D eigenvalue weighted by atomic mass is 16.6. The molecule has 2 aliphatic rings. The molecule has 9 nitrogen and oxygen atoms in total. The maximum Gasteiger partial charge on any atom is 0.343 e. The molecule has 36 heavy (non-hydrogen) atoms. The van der Waals surface area contributed by atoms with E-state index in [2.05, 4.69) is 9.98 Å². The zero-order chi connectivity index (χ0) is 25.2. The maximum absolute atomic E-state index is 13.5. The summed E-state index contributed by atoms with van der Waals surface area (Å²) in [5.41, 5.74) is 7.30. The molecule has 0 saturated heterocycles. The number of cyclic esters (lactones) is 1. The molecule has 4 N–H and O–H groups in total. The summed E-state index contributed by atoms with van der Waals surface area (Å²) in [6.45, 7) is 1.50. The number of esters is 1. The third-order valence-electron chi connectivity index (χ3n) is 7.02. The van der Waals surface area contributed by atoms with Crippen LogP contribution in [0.3, 0.4) is 0 Å². The van der Waals surface area contributed by atoms with Crippen molar-refractivity contribution in [3.05, 3.63) is 97.4 Å². The Bertz CT molecular complexity index is 1740. The van der Waals surface area contributed by atoms with Crippen molar-refractivity contribution in [2.75, 3.05) is 0 Å². The molecule has 0 unspecified atom stereocenters. The highest BCUT2D eigenvalue weighted by Crippen LogP contribution is 2.37. The molecule has 0 radical (unpaired) electrons. The van der Waals surface area contributed by atoms with Gasteiger partial charge in [-0.2, -0.15) is 0 Å². The lowest BCUT2D eigenvalue weighted by Crippen LogP contribution is -2.44. The number of hydrogen-bond donors (Lipinski definition) is 3. The molecule has 4 aromatic rings. The van der Waals surface area contributed by atoms with Gasteiger partial charge in [0.25, 0.3) is 5.56 Å². The molecule has 1 atom stereocenters. The number of aromatic amines is 1. The van der Waals surface area contributed by atoms with Crippen LogP contribution in [0.5, 0.6) is 0 Å². The Morgan fingerprint density at radius 2 is 1.92 bits per heavy atom. The second-order valence-electron chi connectivity index (χ2n) is 9.00. The first-order chi connectivity index (χ1) is 17.3. The van der Waals surface area contributed by atoms with Crippen LogP contribution in [0.2, 0.25) is 0 Å². The lowest BCUT2D eigenvalue weighted by atomic mass is 9.86. The number of nitrogens with zero attached hydrogens (tertiary/aromatic N) is 2. The van der Waals surface area contributed by atoms with E-state index in [1.165, 1.54) is 4.57 Å². The van der Waals surface area contributed by atoms with E-state index in [4.69, 9.17) is 10.5 Å². The quantitative estimate of drug-likeness (QED) is 0.205. The number of ether oxygens (including phenoxy) is 1. The molecular weight excluding hydrogens is 460 g/mol. The van der Waals surface area contributed by atoms with Crippen LogP contribution in [0.25, 0.3) is 22.3 Å². The van der Waals surface area contributed by atoms with Gasteiger partial charge in [-0.25, -0.2) is 9.79 Å². The number of amidine groups is 1. The second kappa shape index (κ2) is 7.76. The Labute approximate surface area is 204 Å². The Hall–Kier alpha value is -4.50. The molecule has 2 aliphatic heterocycles. The van der Waals surface area contributed by atoms with Crippen molar-refractivity contribution >= 4 is 28.4 Å². The number of carbonyl (C=O) groups excluding carboxylic acids is 1. The van der Waals surface area contributed by atoms with E-state index < -0.39 is 17.1 Å². The minimum atomic E-state index is -1.91. The largest absolute Gasteiger partial charge is 0.458 e. The molecule has 180 valence electrons. The number of aromatic nitrogens is 2. The first-order valence-electron chi connectivity index (χ1n) is 11.6. The molecule has 2 aromatic heterocycles. The Balaban J connectivity index is 1.50. The molecule has 0 amide bonds. The zero-order valence-corrected chi connectivity index (χ0v) is 19.4. The number of H-pyrrole nitrogens is 1. The highest BCUT2D eigenvalue weighted by molar-refractivity contribution is 5.99. The molecule has 0 fully saturated rings. The normalized spacial score (nSPS) is 18.5. The van der Waals surface area contributed by atoms with Crippen LogP contribution in [0.4, 0.5) is 5.69 Å². The van der Waals surface area contributed by atoms with Gasteiger partial charge in [0.05, 0.1) is 29.2 Å². The highest BCUT2D eigenvalue weighted by Gasteiger charge is 2.45.